The van der Waals surface area contributed by atoms with Crippen LogP contribution in [-0.4, -0.2) is 17.8 Å². The molecule has 2 rings (SSSR count). The van der Waals surface area contributed by atoms with E-state index in [1.165, 1.54) is 5.56 Å². The summed E-state index contributed by atoms with van der Waals surface area (Å²) in [6.07, 6.45) is 1.58. The van der Waals surface area contributed by atoms with E-state index in [-0.39, 0.29) is 18.5 Å². The van der Waals surface area contributed by atoms with E-state index < -0.39 is 0 Å². The van der Waals surface area contributed by atoms with Crippen LogP contribution in [0.1, 0.15) is 24.4 Å². The lowest BCUT2D eigenvalue weighted by molar-refractivity contribution is 0.117. The fourth-order valence-electron chi connectivity index (χ4n) is 1.84. The first-order valence-electron chi connectivity index (χ1n) is 4.82. The van der Waals surface area contributed by atoms with E-state index in [2.05, 4.69) is 17.4 Å². The number of aliphatic hydroxyl groups is 1. The Bertz CT molecular complexity index is 265. The third-order valence-electron chi connectivity index (χ3n) is 2.58. The lowest BCUT2D eigenvalue weighted by atomic mass is 9.96. The van der Waals surface area contributed by atoms with Crippen LogP contribution in [0.15, 0.2) is 30.3 Å². The van der Waals surface area contributed by atoms with Crippen LogP contribution < -0.4 is 5.32 Å². The molecule has 0 saturated carbocycles. The largest absolute Gasteiger partial charge is 0.393 e. The van der Waals surface area contributed by atoms with Crippen LogP contribution >= 0.6 is 12.4 Å². The van der Waals surface area contributed by atoms with Crippen molar-refractivity contribution in [2.45, 2.75) is 25.0 Å². The number of nitrogens with one attached hydrogen (secondary N) is 1. The van der Waals surface area contributed by atoms with Crippen molar-refractivity contribution in [1.29, 1.82) is 0 Å². The number of hydrogen-bond donors (Lipinski definition) is 2. The molecule has 0 spiro atoms. The second-order valence-electron chi connectivity index (χ2n) is 3.60. The van der Waals surface area contributed by atoms with Gasteiger partial charge in [-0.1, -0.05) is 30.3 Å². The summed E-state index contributed by atoms with van der Waals surface area (Å²) in [5.74, 6) is 0. The average Bonchev–Trinajstić information content (AvgIpc) is 2.19. The van der Waals surface area contributed by atoms with Gasteiger partial charge in [0.25, 0.3) is 0 Å². The fourth-order valence-corrected chi connectivity index (χ4v) is 1.84. The first-order valence-corrected chi connectivity index (χ1v) is 4.82. The van der Waals surface area contributed by atoms with Gasteiger partial charge >= 0.3 is 0 Å². The SMILES string of the molecule is Cl.O[C@H]1CCN[C@@H](c2ccccc2)C1. The molecule has 1 saturated heterocycles. The molecule has 1 aromatic rings. The van der Waals surface area contributed by atoms with Crippen molar-refractivity contribution in [2.75, 3.05) is 6.54 Å². The zero-order valence-electron chi connectivity index (χ0n) is 8.02. The number of rotatable bonds is 1. The van der Waals surface area contributed by atoms with Gasteiger partial charge in [-0.05, 0) is 24.9 Å². The molecule has 2 nitrogen and oxygen atoms in total. The highest BCUT2D eigenvalue weighted by Gasteiger charge is 2.20. The van der Waals surface area contributed by atoms with E-state index in [0.29, 0.717) is 6.04 Å². The van der Waals surface area contributed by atoms with E-state index in [0.717, 1.165) is 19.4 Å². The maximum absolute atomic E-state index is 9.50. The fraction of sp³-hybridized carbons (Fsp3) is 0.455. The van der Waals surface area contributed by atoms with E-state index in [9.17, 15) is 5.11 Å². The van der Waals surface area contributed by atoms with Crippen LogP contribution in [0, 0.1) is 0 Å². The van der Waals surface area contributed by atoms with Crippen molar-refractivity contribution >= 4 is 12.4 Å². The molecule has 0 amide bonds. The zero-order chi connectivity index (χ0) is 9.10. The normalized spacial score (nSPS) is 26.6. The highest BCUT2D eigenvalue weighted by molar-refractivity contribution is 5.85. The average molecular weight is 214 g/mol. The monoisotopic (exact) mass is 213 g/mol. The summed E-state index contributed by atoms with van der Waals surface area (Å²) < 4.78 is 0. The van der Waals surface area contributed by atoms with Gasteiger partial charge in [-0.2, -0.15) is 0 Å². The maximum atomic E-state index is 9.50. The van der Waals surface area contributed by atoms with Crippen LogP contribution in [0.5, 0.6) is 0 Å². The van der Waals surface area contributed by atoms with Crippen LogP contribution in [0.3, 0.4) is 0 Å². The van der Waals surface area contributed by atoms with Crippen molar-refractivity contribution in [2.24, 2.45) is 0 Å². The Labute approximate surface area is 90.7 Å². The summed E-state index contributed by atoms with van der Waals surface area (Å²) in [7, 11) is 0. The van der Waals surface area contributed by atoms with Crippen molar-refractivity contribution in [3.8, 4) is 0 Å². The van der Waals surface area contributed by atoms with E-state index in [1.54, 1.807) is 0 Å². The lowest BCUT2D eigenvalue weighted by Gasteiger charge is -2.27. The summed E-state index contributed by atoms with van der Waals surface area (Å²) in [5.41, 5.74) is 1.28. The van der Waals surface area contributed by atoms with Gasteiger partial charge in [-0.15, -0.1) is 12.4 Å². The summed E-state index contributed by atoms with van der Waals surface area (Å²) in [5, 5.41) is 12.9. The molecule has 0 aromatic heterocycles. The summed E-state index contributed by atoms with van der Waals surface area (Å²) in [4.78, 5) is 0. The summed E-state index contributed by atoms with van der Waals surface area (Å²) >= 11 is 0. The smallest absolute Gasteiger partial charge is 0.0570 e. The first kappa shape index (κ1) is 11.5. The van der Waals surface area contributed by atoms with Gasteiger partial charge in [0.2, 0.25) is 0 Å². The molecule has 1 aliphatic rings. The number of benzene rings is 1. The van der Waals surface area contributed by atoms with Gasteiger partial charge in [0.1, 0.15) is 0 Å². The van der Waals surface area contributed by atoms with Gasteiger partial charge < -0.3 is 10.4 Å². The van der Waals surface area contributed by atoms with Crippen LogP contribution in [0.2, 0.25) is 0 Å². The molecule has 0 radical (unpaired) electrons. The van der Waals surface area contributed by atoms with E-state index >= 15 is 0 Å². The third kappa shape index (κ3) is 2.71. The Balaban J connectivity index is 0.000000980. The van der Waals surface area contributed by atoms with Crippen molar-refractivity contribution in [3.05, 3.63) is 35.9 Å². The highest BCUT2D eigenvalue weighted by atomic mass is 35.5. The third-order valence-corrected chi connectivity index (χ3v) is 2.58. The minimum atomic E-state index is -0.133. The Morgan fingerprint density at radius 3 is 2.57 bits per heavy atom. The minimum Gasteiger partial charge on any atom is -0.393 e. The van der Waals surface area contributed by atoms with Gasteiger partial charge in [-0.3, -0.25) is 0 Å². The minimum absolute atomic E-state index is 0. The molecule has 14 heavy (non-hydrogen) atoms. The molecular weight excluding hydrogens is 198 g/mol. The van der Waals surface area contributed by atoms with Crippen molar-refractivity contribution < 1.29 is 5.11 Å². The quantitative estimate of drug-likeness (QED) is 0.747. The highest BCUT2D eigenvalue weighted by Crippen LogP contribution is 2.22. The van der Waals surface area contributed by atoms with E-state index in [4.69, 9.17) is 0 Å². The molecule has 0 bridgehead atoms. The van der Waals surface area contributed by atoms with Crippen LogP contribution in [0.25, 0.3) is 0 Å². The van der Waals surface area contributed by atoms with Crippen molar-refractivity contribution in [1.82, 2.24) is 5.32 Å². The number of halogens is 1. The van der Waals surface area contributed by atoms with Gasteiger partial charge in [0.05, 0.1) is 6.10 Å². The molecule has 2 N–H and O–H groups in total. The molecule has 78 valence electrons. The maximum Gasteiger partial charge on any atom is 0.0570 e. The second kappa shape index (κ2) is 5.35. The van der Waals surface area contributed by atoms with Gasteiger partial charge in [0, 0.05) is 6.04 Å². The molecule has 1 fully saturated rings. The molecule has 0 aliphatic carbocycles. The topological polar surface area (TPSA) is 32.3 Å². The zero-order valence-corrected chi connectivity index (χ0v) is 8.83. The summed E-state index contributed by atoms with van der Waals surface area (Å²) in [6, 6.07) is 10.6. The van der Waals surface area contributed by atoms with Crippen LogP contribution in [-0.2, 0) is 0 Å². The van der Waals surface area contributed by atoms with E-state index in [1.807, 2.05) is 18.2 Å². The van der Waals surface area contributed by atoms with Gasteiger partial charge in [0.15, 0.2) is 0 Å². The molecule has 2 atom stereocenters. The Morgan fingerprint density at radius 1 is 1.21 bits per heavy atom. The first-order chi connectivity index (χ1) is 6.36. The predicted octanol–water partition coefficient (Wildman–Crippen LogP) is 1.89. The lowest BCUT2D eigenvalue weighted by Crippen LogP contribution is -2.34. The standard InChI is InChI=1S/C11H15NO.ClH/c13-10-6-7-12-11(8-10)9-4-2-1-3-5-9;/h1-5,10-13H,6-8H2;1H/t10-,11+;/m0./s1. The van der Waals surface area contributed by atoms with Crippen molar-refractivity contribution in [3.63, 3.8) is 0 Å². The van der Waals surface area contributed by atoms with Gasteiger partial charge in [-0.25, -0.2) is 0 Å². The Morgan fingerprint density at radius 2 is 1.93 bits per heavy atom. The van der Waals surface area contributed by atoms with Crippen LogP contribution in [0.4, 0.5) is 0 Å². The Hall–Kier alpha value is -0.570. The predicted molar refractivity (Wildman–Crippen MR) is 59.7 cm³/mol. The number of piperidine rings is 1. The molecule has 0 unspecified atom stereocenters. The molecule has 1 aromatic carbocycles. The summed E-state index contributed by atoms with van der Waals surface area (Å²) in [6.45, 7) is 0.917. The second-order valence-corrected chi connectivity index (χ2v) is 3.60. The number of hydrogen-bond acceptors (Lipinski definition) is 2. The molecule has 1 aliphatic heterocycles. The molecule has 1 heterocycles. The molecular formula is C11H16ClNO. The Kier molecular flexibility index (Phi) is 4.39. The molecule has 3 heteroatoms. The number of aliphatic hydroxyl groups excluding tert-OH is 1.